The fourth-order valence-corrected chi connectivity index (χ4v) is 2.20. The molecule has 2 N–H and O–H groups in total. The monoisotopic (exact) mass is 231 g/mol. The molecule has 90 valence electrons. The Morgan fingerprint density at radius 2 is 2.18 bits per heavy atom. The number of nitrogens with one attached hydrogen (secondary N) is 1. The molecule has 0 amide bonds. The molecule has 0 aliphatic heterocycles. The van der Waals surface area contributed by atoms with Gasteiger partial charge < -0.3 is 10.1 Å². The van der Waals surface area contributed by atoms with Gasteiger partial charge in [-0.25, -0.2) is 0 Å². The number of carboxylic acid groups (broad SMARTS) is 1. The lowest BCUT2D eigenvalue weighted by atomic mass is 9.93. The highest BCUT2D eigenvalue weighted by molar-refractivity contribution is 5.89. The summed E-state index contributed by atoms with van der Waals surface area (Å²) in [4.78, 5) is 14.5. The molecule has 0 radical (unpaired) electrons. The van der Waals surface area contributed by atoms with Crippen LogP contribution in [0.2, 0.25) is 0 Å². The molecule has 0 saturated heterocycles. The summed E-state index contributed by atoms with van der Waals surface area (Å²) >= 11 is 0. The highest BCUT2D eigenvalue weighted by Gasteiger charge is 2.21. The third-order valence-electron chi connectivity index (χ3n) is 3.14. The Kier molecular flexibility index (Phi) is 3.47. The van der Waals surface area contributed by atoms with E-state index in [1.807, 2.05) is 30.5 Å². The van der Waals surface area contributed by atoms with Gasteiger partial charge in [-0.2, -0.15) is 0 Å². The molecule has 0 spiro atoms. The molecule has 0 fully saturated rings. The van der Waals surface area contributed by atoms with Crippen LogP contribution in [0, 0.1) is 0 Å². The van der Waals surface area contributed by atoms with E-state index in [1.54, 1.807) is 0 Å². The summed E-state index contributed by atoms with van der Waals surface area (Å²) < 4.78 is 0. The van der Waals surface area contributed by atoms with Crippen LogP contribution in [0.25, 0.3) is 10.9 Å². The highest BCUT2D eigenvalue weighted by Crippen LogP contribution is 2.29. The summed E-state index contributed by atoms with van der Waals surface area (Å²) in [6, 6.07) is 7.84. The van der Waals surface area contributed by atoms with Gasteiger partial charge in [-0.3, -0.25) is 4.79 Å². The van der Waals surface area contributed by atoms with Gasteiger partial charge in [-0.05, 0) is 18.1 Å². The zero-order valence-corrected chi connectivity index (χ0v) is 9.94. The van der Waals surface area contributed by atoms with E-state index in [1.165, 1.54) is 0 Å². The fraction of sp³-hybridized carbons (Fsp3) is 0.357. The number of rotatable bonds is 5. The van der Waals surface area contributed by atoms with Crippen LogP contribution in [-0.4, -0.2) is 16.1 Å². The Balaban J connectivity index is 2.38. The predicted molar refractivity (Wildman–Crippen MR) is 68.2 cm³/mol. The van der Waals surface area contributed by atoms with Crippen molar-refractivity contribution in [1.29, 1.82) is 0 Å². The number of para-hydroxylation sites is 1. The van der Waals surface area contributed by atoms with E-state index in [2.05, 4.69) is 11.9 Å². The first kappa shape index (κ1) is 11.7. The largest absolute Gasteiger partial charge is 0.481 e. The molecule has 1 unspecified atom stereocenters. The number of H-pyrrole nitrogens is 1. The van der Waals surface area contributed by atoms with Crippen molar-refractivity contribution in [2.24, 2.45) is 0 Å². The van der Waals surface area contributed by atoms with Crippen LogP contribution in [0.1, 0.15) is 37.7 Å². The first-order valence-corrected chi connectivity index (χ1v) is 6.03. The van der Waals surface area contributed by atoms with E-state index in [-0.39, 0.29) is 0 Å². The number of aromatic nitrogens is 1. The smallest absolute Gasteiger partial charge is 0.311 e. The van der Waals surface area contributed by atoms with E-state index >= 15 is 0 Å². The molecule has 0 saturated carbocycles. The Bertz CT molecular complexity index is 516. The first-order valence-electron chi connectivity index (χ1n) is 6.03. The van der Waals surface area contributed by atoms with Gasteiger partial charge in [0.05, 0.1) is 5.92 Å². The van der Waals surface area contributed by atoms with Crippen LogP contribution in [0.4, 0.5) is 0 Å². The van der Waals surface area contributed by atoms with Crippen molar-refractivity contribution in [2.75, 3.05) is 0 Å². The molecule has 3 nitrogen and oxygen atoms in total. The molecule has 2 aromatic rings. The van der Waals surface area contributed by atoms with Gasteiger partial charge in [0.1, 0.15) is 0 Å². The molecule has 2 rings (SSSR count). The predicted octanol–water partition coefficient (Wildman–Crippen LogP) is 3.53. The van der Waals surface area contributed by atoms with Crippen molar-refractivity contribution in [3.8, 4) is 0 Å². The number of fused-ring (bicyclic) bond motifs is 1. The average Bonchev–Trinajstić information content (AvgIpc) is 2.73. The molecular formula is C14H17NO2. The highest BCUT2D eigenvalue weighted by atomic mass is 16.4. The summed E-state index contributed by atoms with van der Waals surface area (Å²) in [6.45, 7) is 2.08. The van der Waals surface area contributed by atoms with Crippen molar-refractivity contribution < 1.29 is 9.90 Å². The maximum absolute atomic E-state index is 11.3. The van der Waals surface area contributed by atoms with Crippen molar-refractivity contribution in [1.82, 2.24) is 4.98 Å². The minimum atomic E-state index is -0.733. The van der Waals surface area contributed by atoms with Crippen LogP contribution in [0.3, 0.4) is 0 Å². The van der Waals surface area contributed by atoms with Crippen molar-refractivity contribution in [2.45, 2.75) is 32.1 Å². The summed E-state index contributed by atoms with van der Waals surface area (Å²) in [5.41, 5.74) is 1.91. The summed E-state index contributed by atoms with van der Waals surface area (Å²) in [7, 11) is 0. The molecule has 1 aromatic heterocycles. The summed E-state index contributed by atoms with van der Waals surface area (Å²) in [5, 5.41) is 10.3. The minimum absolute atomic E-state index is 0.397. The van der Waals surface area contributed by atoms with Crippen LogP contribution in [0.5, 0.6) is 0 Å². The number of hydrogen-bond acceptors (Lipinski definition) is 1. The number of carboxylic acids is 1. The quantitative estimate of drug-likeness (QED) is 0.827. The molecule has 0 aliphatic carbocycles. The maximum atomic E-state index is 11.3. The Hall–Kier alpha value is -1.77. The van der Waals surface area contributed by atoms with Gasteiger partial charge in [-0.1, -0.05) is 38.0 Å². The second-order valence-electron chi connectivity index (χ2n) is 4.32. The Morgan fingerprint density at radius 3 is 2.88 bits per heavy atom. The zero-order chi connectivity index (χ0) is 12.3. The summed E-state index contributed by atoms with van der Waals surface area (Å²) in [6.07, 6.45) is 4.50. The first-order chi connectivity index (χ1) is 8.24. The number of benzene rings is 1. The third kappa shape index (κ3) is 2.33. The Morgan fingerprint density at radius 1 is 1.41 bits per heavy atom. The van der Waals surface area contributed by atoms with Gasteiger partial charge in [0.25, 0.3) is 0 Å². The molecule has 1 aromatic carbocycles. The Labute approximate surface area is 100 Å². The molecule has 17 heavy (non-hydrogen) atoms. The van der Waals surface area contributed by atoms with Gasteiger partial charge >= 0.3 is 5.97 Å². The molecule has 3 heteroatoms. The van der Waals surface area contributed by atoms with E-state index in [9.17, 15) is 9.90 Å². The fourth-order valence-electron chi connectivity index (χ4n) is 2.20. The van der Waals surface area contributed by atoms with E-state index in [0.29, 0.717) is 6.42 Å². The normalized spacial score (nSPS) is 12.8. The van der Waals surface area contributed by atoms with Gasteiger partial charge in [0, 0.05) is 17.1 Å². The molecule has 0 bridgehead atoms. The number of aromatic amines is 1. The molecule has 1 atom stereocenters. The number of aliphatic carboxylic acids is 1. The van der Waals surface area contributed by atoms with E-state index < -0.39 is 11.9 Å². The third-order valence-corrected chi connectivity index (χ3v) is 3.14. The minimum Gasteiger partial charge on any atom is -0.481 e. The number of carbonyl (C=O) groups is 1. The van der Waals surface area contributed by atoms with Crippen LogP contribution in [-0.2, 0) is 4.79 Å². The van der Waals surface area contributed by atoms with Crippen LogP contribution < -0.4 is 0 Å². The topological polar surface area (TPSA) is 53.1 Å². The lowest BCUT2D eigenvalue weighted by Crippen LogP contribution is -2.11. The van der Waals surface area contributed by atoms with E-state index in [4.69, 9.17) is 0 Å². The number of hydrogen-bond donors (Lipinski definition) is 2. The van der Waals surface area contributed by atoms with Gasteiger partial charge in [-0.15, -0.1) is 0 Å². The zero-order valence-electron chi connectivity index (χ0n) is 9.94. The van der Waals surface area contributed by atoms with Crippen molar-refractivity contribution in [3.63, 3.8) is 0 Å². The van der Waals surface area contributed by atoms with Gasteiger partial charge in [0.15, 0.2) is 0 Å². The van der Waals surface area contributed by atoms with Crippen LogP contribution >= 0.6 is 0 Å². The summed E-state index contributed by atoms with van der Waals surface area (Å²) in [5.74, 6) is -1.13. The molecule has 0 aliphatic rings. The molecular weight excluding hydrogens is 214 g/mol. The van der Waals surface area contributed by atoms with E-state index in [0.717, 1.165) is 29.3 Å². The second kappa shape index (κ2) is 5.04. The van der Waals surface area contributed by atoms with Crippen molar-refractivity contribution in [3.05, 3.63) is 36.0 Å². The van der Waals surface area contributed by atoms with Crippen LogP contribution in [0.15, 0.2) is 30.5 Å². The average molecular weight is 231 g/mol. The molecule has 1 heterocycles. The lowest BCUT2D eigenvalue weighted by Gasteiger charge is -2.10. The van der Waals surface area contributed by atoms with Gasteiger partial charge in [0.2, 0.25) is 0 Å². The SMILES string of the molecule is CCCCC(C(=O)O)c1c[nH]c2ccccc12. The lowest BCUT2D eigenvalue weighted by molar-refractivity contribution is -0.139. The second-order valence-corrected chi connectivity index (χ2v) is 4.32. The maximum Gasteiger partial charge on any atom is 0.311 e. The number of unbranched alkanes of at least 4 members (excludes halogenated alkanes) is 1. The standard InChI is InChI=1S/C14H17NO2/c1-2-3-6-11(14(16)17)12-9-15-13-8-5-4-7-10(12)13/h4-5,7-9,11,15H,2-3,6H2,1H3,(H,16,17). The van der Waals surface area contributed by atoms with Crippen molar-refractivity contribution >= 4 is 16.9 Å².